The van der Waals surface area contributed by atoms with E-state index in [1.165, 1.54) is 17.7 Å². The first-order chi connectivity index (χ1) is 11.5. The van der Waals surface area contributed by atoms with Crippen LogP contribution in [0.25, 0.3) is 10.9 Å². The van der Waals surface area contributed by atoms with E-state index in [2.05, 4.69) is 10.4 Å². The Labute approximate surface area is 141 Å². The Morgan fingerprint density at radius 3 is 2.71 bits per heavy atom. The first kappa shape index (κ1) is 16.1. The third kappa shape index (κ3) is 3.41. The number of para-hydroxylation sites is 1. The number of ketones is 1. The number of carbonyl (C=O) groups excluding carboxylic acids is 2. The Balaban J connectivity index is 1.66. The average Bonchev–Trinajstić information content (AvgIpc) is 3.02. The summed E-state index contributed by atoms with van der Waals surface area (Å²) >= 11 is 1.41. The number of Topliss-reactive ketones (excluding diaryl/α,β-unsaturated/α-hetero) is 1. The van der Waals surface area contributed by atoms with Crippen molar-refractivity contribution in [2.45, 2.75) is 19.8 Å². The van der Waals surface area contributed by atoms with Gasteiger partial charge in [0, 0.05) is 17.7 Å². The fourth-order valence-electron chi connectivity index (χ4n) is 2.27. The molecule has 3 aromatic rings. The molecule has 0 radical (unpaired) electrons. The number of hydrogen-bond donors (Lipinski definition) is 1. The van der Waals surface area contributed by atoms with Crippen LogP contribution in [0.15, 0.2) is 47.5 Å². The minimum Gasteiger partial charge on any atom is -0.293 e. The quantitative estimate of drug-likeness (QED) is 0.723. The molecular weight excluding hydrogens is 326 g/mol. The number of carbonyl (C=O) groups is 2. The number of fused-ring (bicyclic) bond motifs is 1. The molecule has 0 fully saturated rings. The summed E-state index contributed by atoms with van der Waals surface area (Å²) in [6.45, 7) is 1.92. The largest absolute Gasteiger partial charge is 0.293 e. The van der Waals surface area contributed by atoms with Crippen LogP contribution in [0.1, 0.15) is 27.4 Å². The Hall–Kier alpha value is -2.80. The van der Waals surface area contributed by atoms with E-state index in [1.807, 2.05) is 13.0 Å². The number of nitrogens with zero attached hydrogens (tertiary/aromatic N) is 2. The van der Waals surface area contributed by atoms with Crippen LogP contribution in [0.5, 0.6) is 0 Å². The average molecular weight is 341 g/mol. The van der Waals surface area contributed by atoms with Gasteiger partial charge in [-0.25, -0.2) is 9.66 Å². The van der Waals surface area contributed by atoms with Crippen molar-refractivity contribution < 1.29 is 9.59 Å². The lowest BCUT2D eigenvalue weighted by Gasteiger charge is -2.08. The van der Waals surface area contributed by atoms with E-state index < -0.39 is 5.91 Å². The fourth-order valence-corrected chi connectivity index (χ4v) is 3.11. The number of nitrogens with one attached hydrogen (secondary N) is 1. The smallest absolute Gasteiger partial charge is 0.280 e. The van der Waals surface area contributed by atoms with Gasteiger partial charge >= 0.3 is 0 Å². The first-order valence-corrected chi connectivity index (χ1v) is 8.22. The van der Waals surface area contributed by atoms with Gasteiger partial charge in [0.15, 0.2) is 5.78 Å². The fraction of sp³-hybridized carbons (Fsp3) is 0.176. The van der Waals surface area contributed by atoms with Gasteiger partial charge in [0.25, 0.3) is 5.56 Å². The number of aryl methyl sites for hydroxylation is 1. The summed E-state index contributed by atoms with van der Waals surface area (Å²) < 4.78 is 1.05. The van der Waals surface area contributed by atoms with E-state index in [4.69, 9.17) is 0 Å². The van der Waals surface area contributed by atoms with E-state index in [9.17, 15) is 14.4 Å². The summed E-state index contributed by atoms with van der Waals surface area (Å²) in [6.07, 6.45) is 1.38. The Morgan fingerprint density at radius 2 is 1.96 bits per heavy atom. The second-order valence-electron chi connectivity index (χ2n) is 5.31. The molecule has 1 aromatic carbocycles. The van der Waals surface area contributed by atoms with E-state index in [1.54, 1.807) is 30.3 Å². The molecule has 0 bridgehead atoms. The molecule has 1 N–H and O–H groups in total. The monoisotopic (exact) mass is 341 g/mol. The standard InChI is InChI=1S/C17H15N3O3S/c1-11-6-8-15(24-11)14(21)7-9-16(22)19-20-10-18-13-5-3-2-4-12(13)17(20)23/h2-6,8,10H,7,9H2,1H3,(H,19,22). The van der Waals surface area contributed by atoms with Crippen LogP contribution in [0, 0.1) is 6.92 Å². The van der Waals surface area contributed by atoms with E-state index in [-0.39, 0.29) is 24.2 Å². The Bertz CT molecular complexity index is 974. The molecule has 7 heteroatoms. The molecule has 0 aliphatic carbocycles. The highest BCUT2D eigenvalue weighted by atomic mass is 32.1. The molecule has 0 unspecified atom stereocenters. The molecular formula is C17H15N3O3S. The summed E-state index contributed by atoms with van der Waals surface area (Å²) in [5, 5.41) is 0.422. The van der Waals surface area contributed by atoms with Gasteiger partial charge in [-0.15, -0.1) is 11.3 Å². The molecule has 24 heavy (non-hydrogen) atoms. The maximum Gasteiger partial charge on any atom is 0.280 e. The first-order valence-electron chi connectivity index (χ1n) is 7.40. The topological polar surface area (TPSA) is 81.1 Å². The molecule has 0 aliphatic heterocycles. The van der Waals surface area contributed by atoms with Gasteiger partial charge in [-0.3, -0.25) is 19.8 Å². The van der Waals surface area contributed by atoms with Crippen molar-refractivity contribution >= 4 is 33.9 Å². The zero-order valence-corrected chi connectivity index (χ0v) is 13.8. The second kappa shape index (κ2) is 6.76. The van der Waals surface area contributed by atoms with E-state index >= 15 is 0 Å². The van der Waals surface area contributed by atoms with E-state index in [0.717, 1.165) is 9.55 Å². The Morgan fingerprint density at radius 1 is 1.17 bits per heavy atom. The van der Waals surface area contributed by atoms with Gasteiger partial charge in [-0.05, 0) is 31.2 Å². The SMILES string of the molecule is Cc1ccc(C(=O)CCC(=O)Nn2cnc3ccccc3c2=O)s1. The van der Waals surface area contributed by atoms with Crippen LogP contribution in [0.3, 0.4) is 0 Å². The van der Waals surface area contributed by atoms with Crippen LogP contribution in [-0.4, -0.2) is 21.4 Å². The number of thiophene rings is 1. The van der Waals surface area contributed by atoms with E-state index in [0.29, 0.717) is 15.8 Å². The highest BCUT2D eigenvalue weighted by Crippen LogP contribution is 2.17. The van der Waals surface area contributed by atoms with Gasteiger partial charge in [0.2, 0.25) is 5.91 Å². The highest BCUT2D eigenvalue weighted by molar-refractivity contribution is 7.14. The maximum atomic E-state index is 12.3. The van der Waals surface area contributed by atoms with Crippen molar-refractivity contribution in [3.05, 3.63) is 62.8 Å². The van der Waals surface area contributed by atoms with Crippen molar-refractivity contribution in [2.75, 3.05) is 5.43 Å². The van der Waals surface area contributed by atoms with Gasteiger partial charge in [0.05, 0.1) is 15.8 Å². The van der Waals surface area contributed by atoms with Crippen molar-refractivity contribution in [3.63, 3.8) is 0 Å². The summed E-state index contributed by atoms with van der Waals surface area (Å²) in [5.41, 5.74) is 2.68. The number of benzene rings is 1. The lowest BCUT2D eigenvalue weighted by atomic mass is 10.2. The van der Waals surface area contributed by atoms with Crippen molar-refractivity contribution in [2.24, 2.45) is 0 Å². The number of aromatic nitrogens is 2. The van der Waals surface area contributed by atoms with Gasteiger partial charge < -0.3 is 0 Å². The lowest BCUT2D eigenvalue weighted by Crippen LogP contribution is -2.33. The molecule has 2 heterocycles. The predicted octanol–water partition coefficient (Wildman–Crippen LogP) is 2.50. The zero-order chi connectivity index (χ0) is 17.1. The van der Waals surface area contributed by atoms with Crippen LogP contribution < -0.4 is 11.0 Å². The summed E-state index contributed by atoms with van der Waals surface area (Å²) in [5.74, 6) is -0.483. The Kier molecular flexibility index (Phi) is 4.52. The molecule has 0 saturated heterocycles. The van der Waals surface area contributed by atoms with Gasteiger partial charge in [-0.2, -0.15) is 0 Å². The third-order valence-electron chi connectivity index (χ3n) is 3.51. The molecule has 6 nitrogen and oxygen atoms in total. The van der Waals surface area contributed by atoms with Crippen LogP contribution in [-0.2, 0) is 4.79 Å². The molecule has 3 rings (SSSR count). The zero-order valence-electron chi connectivity index (χ0n) is 13.0. The number of hydrogen-bond acceptors (Lipinski definition) is 5. The van der Waals surface area contributed by atoms with Crippen LogP contribution >= 0.6 is 11.3 Å². The minimum absolute atomic E-state index is 0.00898. The molecule has 2 aromatic heterocycles. The predicted molar refractivity (Wildman–Crippen MR) is 93.0 cm³/mol. The molecule has 0 spiro atoms. The van der Waals surface area contributed by atoms with Gasteiger partial charge in [0.1, 0.15) is 6.33 Å². The normalized spacial score (nSPS) is 10.7. The molecule has 0 saturated carbocycles. The lowest BCUT2D eigenvalue weighted by molar-refractivity contribution is -0.117. The molecule has 0 atom stereocenters. The maximum absolute atomic E-state index is 12.3. The minimum atomic E-state index is -0.407. The van der Waals surface area contributed by atoms with Crippen molar-refractivity contribution in [1.29, 1.82) is 0 Å². The summed E-state index contributed by atoms with van der Waals surface area (Å²) in [6, 6.07) is 10.5. The molecule has 122 valence electrons. The highest BCUT2D eigenvalue weighted by Gasteiger charge is 2.12. The summed E-state index contributed by atoms with van der Waals surface area (Å²) in [7, 11) is 0. The summed E-state index contributed by atoms with van der Waals surface area (Å²) in [4.78, 5) is 42.1. The second-order valence-corrected chi connectivity index (χ2v) is 6.59. The third-order valence-corrected chi connectivity index (χ3v) is 4.55. The van der Waals surface area contributed by atoms with Gasteiger partial charge in [-0.1, -0.05) is 12.1 Å². The molecule has 0 aliphatic rings. The van der Waals surface area contributed by atoms with Crippen molar-refractivity contribution in [3.8, 4) is 0 Å². The van der Waals surface area contributed by atoms with Crippen molar-refractivity contribution in [1.82, 2.24) is 9.66 Å². The number of amides is 1. The van der Waals surface area contributed by atoms with Crippen LogP contribution in [0.2, 0.25) is 0 Å². The number of rotatable bonds is 5. The molecule has 1 amide bonds. The van der Waals surface area contributed by atoms with Crippen LogP contribution in [0.4, 0.5) is 0 Å².